The number of alkyl halides is 2. The van der Waals surface area contributed by atoms with Crippen molar-refractivity contribution < 1.29 is 18.4 Å². The zero-order valence-corrected chi connectivity index (χ0v) is 15.6. The Kier molecular flexibility index (Phi) is 3.78. The third-order valence-electron chi connectivity index (χ3n) is 6.20. The molecule has 1 aromatic rings. The first kappa shape index (κ1) is 18.1. The maximum Gasteiger partial charge on any atom is 0.255 e. The molecule has 2 aliphatic carbocycles. The van der Waals surface area contributed by atoms with E-state index in [9.17, 15) is 18.4 Å². The maximum atomic E-state index is 13.6. The van der Waals surface area contributed by atoms with Gasteiger partial charge in [-0.1, -0.05) is 32.0 Å². The minimum absolute atomic E-state index is 0.0563. The monoisotopic (exact) mass is 374 g/mol. The summed E-state index contributed by atoms with van der Waals surface area (Å²) in [6.45, 7) is 4.75. The average molecular weight is 374 g/mol. The number of Topliss-reactive ketones (excluding diaryl/α,β-unsaturated/α-hetero) is 1. The summed E-state index contributed by atoms with van der Waals surface area (Å²) in [6.07, 6.45) is 2.97. The van der Waals surface area contributed by atoms with E-state index < -0.39 is 17.3 Å². The van der Waals surface area contributed by atoms with Gasteiger partial charge in [-0.2, -0.15) is 0 Å². The van der Waals surface area contributed by atoms with Crippen LogP contribution in [0.4, 0.5) is 8.78 Å². The van der Waals surface area contributed by atoms with E-state index in [0.717, 1.165) is 6.42 Å². The molecule has 6 heteroatoms. The Morgan fingerprint density at radius 2 is 1.93 bits per heavy atom. The van der Waals surface area contributed by atoms with Crippen molar-refractivity contribution in [2.45, 2.75) is 45.0 Å². The highest BCUT2D eigenvalue weighted by molar-refractivity contribution is 6.00. The van der Waals surface area contributed by atoms with Gasteiger partial charge in [-0.25, -0.2) is 8.78 Å². The number of hydrogen-bond acceptors (Lipinski definition) is 3. The van der Waals surface area contributed by atoms with E-state index in [4.69, 9.17) is 5.73 Å². The molecule has 0 bridgehead atoms. The van der Waals surface area contributed by atoms with Crippen LogP contribution >= 0.6 is 0 Å². The van der Waals surface area contributed by atoms with Gasteiger partial charge in [0.25, 0.3) is 11.8 Å². The van der Waals surface area contributed by atoms with E-state index in [1.54, 1.807) is 29.2 Å². The summed E-state index contributed by atoms with van der Waals surface area (Å²) < 4.78 is 27.2. The van der Waals surface area contributed by atoms with E-state index in [-0.39, 0.29) is 29.2 Å². The summed E-state index contributed by atoms with van der Waals surface area (Å²) in [5, 5.41) is 0. The molecule has 0 radical (unpaired) electrons. The number of ketones is 1. The van der Waals surface area contributed by atoms with Crippen molar-refractivity contribution in [2.75, 3.05) is 13.1 Å². The summed E-state index contributed by atoms with van der Waals surface area (Å²) in [6, 6.07) is 6.68. The van der Waals surface area contributed by atoms with Crippen molar-refractivity contribution in [1.29, 1.82) is 0 Å². The van der Waals surface area contributed by atoms with Crippen LogP contribution < -0.4 is 5.73 Å². The molecule has 1 saturated heterocycles. The second kappa shape index (κ2) is 5.63. The van der Waals surface area contributed by atoms with Crippen LogP contribution in [0.1, 0.15) is 54.9 Å². The number of amides is 1. The van der Waals surface area contributed by atoms with Crippen LogP contribution in [0.2, 0.25) is 0 Å². The molecule has 4 nitrogen and oxygen atoms in total. The van der Waals surface area contributed by atoms with Gasteiger partial charge in [0, 0.05) is 35.9 Å². The lowest BCUT2D eigenvalue weighted by molar-refractivity contribution is -0.125. The number of carbonyl (C=O) groups excluding carboxylic acids is 2. The molecule has 1 amide bonds. The zero-order valence-electron chi connectivity index (χ0n) is 15.6. The van der Waals surface area contributed by atoms with Crippen LogP contribution in [-0.2, 0) is 4.79 Å². The minimum atomic E-state index is -2.71. The molecular formula is C21H24F2N2O2. The van der Waals surface area contributed by atoms with Crippen molar-refractivity contribution in [3.63, 3.8) is 0 Å². The van der Waals surface area contributed by atoms with Crippen LogP contribution in [0.3, 0.4) is 0 Å². The highest BCUT2D eigenvalue weighted by Gasteiger charge is 2.58. The Hall–Kier alpha value is -2.24. The van der Waals surface area contributed by atoms with Gasteiger partial charge in [0.1, 0.15) is 0 Å². The second-order valence-electron chi connectivity index (χ2n) is 8.93. The molecular weight excluding hydrogens is 350 g/mol. The summed E-state index contributed by atoms with van der Waals surface area (Å²) in [5.41, 5.74) is 6.14. The van der Waals surface area contributed by atoms with E-state index >= 15 is 0 Å². The Morgan fingerprint density at radius 3 is 2.56 bits per heavy atom. The summed E-state index contributed by atoms with van der Waals surface area (Å²) in [5.74, 6) is -3.85. The lowest BCUT2D eigenvalue weighted by atomic mass is 9.65. The second-order valence-corrected chi connectivity index (χ2v) is 8.93. The van der Waals surface area contributed by atoms with Crippen molar-refractivity contribution >= 4 is 11.7 Å². The first-order valence-corrected chi connectivity index (χ1v) is 9.34. The van der Waals surface area contributed by atoms with Gasteiger partial charge in [-0.15, -0.1) is 0 Å². The largest absolute Gasteiger partial charge is 0.396 e. The summed E-state index contributed by atoms with van der Waals surface area (Å²) in [7, 11) is 0. The molecule has 1 aromatic carbocycles. The van der Waals surface area contributed by atoms with E-state index in [1.165, 1.54) is 0 Å². The smallest absolute Gasteiger partial charge is 0.255 e. The fraction of sp³-hybridized carbons (Fsp3) is 0.524. The SMILES string of the molecule is CC1(C)C[C@@]2(C=C(N)C1=O)CCN(C(=O)c1ccccc1C1CC1(F)F)C2. The Balaban J connectivity index is 1.59. The lowest BCUT2D eigenvalue weighted by Gasteiger charge is -2.39. The molecule has 1 saturated carbocycles. The molecule has 1 heterocycles. The number of likely N-dealkylation sites (tertiary alicyclic amines) is 1. The molecule has 3 aliphatic rings. The van der Waals surface area contributed by atoms with Crippen LogP contribution in [0.5, 0.6) is 0 Å². The van der Waals surface area contributed by atoms with Crippen LogP contribution in [0.15, 0.2) is 36.0 Å². The fourth-order valence-electron chi connectivity index (χ4n) is 4.85. The summed E-state index contributed by atoms with van der Waals surface area (Å²) in [4.78, 5) is 27.1. The molecule has 1 spiro atoms. The fourth-order valence-corrected chi connectivity index (χ4v) is 4.85. The third kappa shape index (κ3) is 2.95. The highest BCUT2D eigenvalue weighted by Crippen LogP contribution is 2.56. The van der Waals surface area contributed by atoms with Crippen molar-refractivity contribution in [3.05, 3.63) is 47.2 Å². The molecule has 1 aliphatic heterocycles. The number of allylic oxidation sites excluding steroid dienone is 1. The minimum Gasteiger partial charge on any atom is -0.396 e. The van der Waals surface area contributed by atoms with Crippen LogP contribution in [-0.4, -0.2) is 35.6 Å². The number of rotatable bonds is 2. The predicted octanol–water partition coefficient (Wildman–Crippen LogP) is 3.48. The predicted molar refractivity (Wildman–Crippen MR) is 97.4 cm³/mol. The molecule has 2 atom stereocenters. The topological polar surface area (TPSA) is 63.4 Å². The lowest BCUT2D eigenvalue weighted by Crippen LogP contribution is -2.42. The average Bonchev–Trinajstić information content (AvgIpc) is 3.05. The molecule has 0 aromatic heterocycles. The Bertz CT molecular complexity index is 861. The van der Waals surface area contributed by atoms with E-state index in [1.807, 2.05) is 19.9 Å². The van der Waals surface area contributed by atoms with Crippen LogP contribution in [0, 0.1) is 10.8 Å². The number of halogens is 2. The number of hydrogen-bond donors (Lipinski definition) is 1. The molecule has 1 unspecified atom stereocenters. The van der Waals surface area contributed by atoms with E-state index in [2.05, 4.69) is 0 Å². The van der Waals surface area contributed by atoms with Gasteiger partial charge in [0.05, 0.1) is 11.6 Å². The molecule has 27 heavy (non-hydrogen) atoms. The van der Waals surface area contributed by atoms with Gasteiger partial charge in [0.15, 0.2) is 5.78 Å². The summed E-state index contributed by atoms with van der Waals surface area (Å²) >= 11 is 0. The van der Waals surface area contributed by atoms with Gasteiger partial charge < -0.3 is 10.6 Å². The zero-order chi connectivity index (χ0) is 19.6. The van der Waals surface area contributed by atoms with Gasteiger partial charge in [-0.3, -0.25) is 9.59 Å². The number of nitrogens with zero attached hydrogens (tertiary/aromatic N) is 1. The van der Waals surface area contributed by atoms with Crippen molar-refractivity contribution in [1.82, 2.24) is 4.90 Å². The number of nitrogens with two attached hydrogens (primary N) is 1. The number of benzene rings is 1. The van der Waals surface area contributed by atoms with Crippen LogP contribution in [0.25, 0.3) is 0 Å². The van der Waals surface area contributed by atoms with Gasteiger partial charge in [0.2, 0.25) is 0 Å². The molecule has 2 N–H and O–H groups in total. The Labute approximate surface area is 157 Å². The van der Waals surface area contributed by atoms with Gasteiger partial charge in [-0.05, 0) is 30.5 Å². The van der Waals surface area contributed by atoms with Crippen molar-refractivity contribution in [3.8, 4) is 0 Å². The van der Waals surface area contributed by atoms with E-state index in [0.29, 0.717) is 30.6 Å². The Morgan fingerprint density at radius 1 is 1.26 bits per heavy atom. The standard InChI is InChI=1S/C21H24F2N2O2/c1-19(2)11-20(10-16(24)17(19)26)7-8-25(12-20)18(27)14-6-4-3-5-13(14)15-9-21(15,22)23/h3-6,10,15H,7-9,11-12,24H2,1-2H3/t15?,20-/m0/s1. The highest BCUT2D eigenvalue weighted by atomic mass is 19.3. The first-order valence-electron chi connectivity index (χ1n) is 9.34. The molecule has 2 fully saturated rings. The quantitative estimate of drug-likeness (QED) is 0.862. The van der Waals surface area contributed by atoms with Crippen molar-refractivity contribution in [2.24, 2.45) is 16.6 Å². The normalized spacial score (nSPS) is 31.1. The third-order valence-corrected chi connectivity index (χ3v) is 6.20. The molecule has 4 rings (SSSR count). The molecule has 144 valence electrons. The number of carbonyl (C=O) groups is 2. The maximum absolute atomic E-state index is 13.6. The van der Waals surface area contributed by atoms with Gasteiger partial charge >= 0.3 is 0 Å². The first-order chi connectivity index (χ1) is 12.5.